The first-order valence-corrected chi connectivity index (χ1v) is 7.96. The molecule has 0 atom stereocenters. The zero-order valence-corrected chi connectivity index (χ0v) is 14.5. The van der Waals surface area contributed by atoms with Crippen molar-refractivity contribution in [2.45, 2.75) is 40.7 Å². The van der Waals surface area contributed by atoms with Crippen LogP contribution in [0.5, 0.6) is 17.2 Å². The molecule has 5 nitrogen and oxygen atoms in total. The third-order valence-electron chi connectivity index (χ3n) is 2.73. The molecule has 0 radical (unpaired) electrons. The topological polar surface area (TPSA) is 54.0 Å². The molecule has 0 unspecified atom stereocenters. The van der Waals surface area contributed by atoms with Crippen LogP contribution in [0, 0.1) is 0 Å². The van der Waals surface area contributed by atoms with Gasteiger partial charge in [0.1, 0.15) is 17.2 Å². The number of hydrogen-bond donors (Lipinski definition) is 0. The van der Waals surface area contributed by atoms with Crippen molar-refractivity contribution in [3.63, 3.8) is 0 Å². The number of esters is 1. The van der Waals surface area contributed by atoms with Gasteiger partial charge in [0, 0.05) is 18.2 Å². The molecule has 0 N–H and O–H groups in total. The highest BCUT2D eigenvalue weighted by atomic mass is 16.5. The first-order valence-electron chi connectivity index (χ1n) is 7.96. The zero-order chi connectivity index (χ0) is 17.2. The SMILES string of the molecule is CCOc1cc(OCC)c(C=CC(=O)OC(C)C)c(OCC)c1. The highest BCUT2D eigenvalue weighted by Gasteiger charge is 2.13. The number of rotatable bonds is 9. The van der Waals surface area contributed by atoms with Crippen LogP contribution in [-0.4, -0.2) is 31.9 Å². The fourth-order valence-electron chi connectivity index (χ4n) is 1.96. The van der Waals surface area contributed by atoms with E-state index in [0.717, 1.165) is 0 Å². The molecule has 128 valence electrons. The summed E-state index contributed by atoms with van der Waals surface area (Å²) >= 11 is 0. The molecule has 23 heavy (non-hydrogen) atoms. The molecule has 0 aliphatic heterocycles. The lowest BCUT2D eigenvalue weighted by Crippen LogP contribution is -2.08. The standard InChI is InChI=1S/C18H26O5/c1-6-20-14-11-16(21-7-2)15(17(12-14)22-8-3)9-10-18(19)23-13(4)5/h9-13H,6-8H2,1-5H3. The second kappa shape index (κ2) is 9.77. The van der Waals surface area contributed by atoms with Gasteiger partial charge in [0.15, 0.2) is 0 Å². The molecule has 0 aromatic heterocycles. The van der Waals surface area contributed by atoms with Gasteiger partial charge >= 0.3 is 5.97 Å². The maximum absolute atomic E-state index is 11.7. The smallest absolute Gasteiger partial charge is 0.331 e. The molecule has 1 aromatic rings. The van der Waals surface area contributed by atoms with E-state index >= 15 is 0 Å². The van der Waals surface area contributed by atoms with E-state index in [9.17, 15) is 4.79 Å². The summed E-state index contributed by atoms with van der Waals surface area (Å²) in [4.78, 5) is 11.7. The van der Waals surface area contributed by atoms with Gasteiger partial charge in [-0.25, -0.2) is 4.79 Å². The Morgan fingerprint density at radius 3 is 1.96 bits per heavy atom. The second-order valence-electron chi connectivity index (χ2n) is 4.95. The van der Waals surface area contributed by atoms with Gasteiger partial charge in [-0.2, -0.15) is 0 Å². The molecular weight excluding hydrogens is 296 g/mol. The van der Waals surface area contributed by atoms with E-state index in [-0.39, 0.29) is 6.10 Å². The molecular formula is C18H26O5. The number of ether oxygens (including phenoxy) is 4. The summed E-state index contributed by atoms with van der Waals surface area (Å²) < 4.78 is 22.0. The van der Waals surface area contributed by atoms with Crippen LogP contribution in [0.1, 0.15) is 40.2 Å². The van der Waals surface area contributed by atoms with Gasteiger partial charge in [0.05, 0.1) is 31.5 Å². The average Bonchev–Trinajstić information content (AvgIpc) is 2.46. The third-order valence-corrected chi connectivity index (χ3v) is 2.73. The summed E-state index contributed by atoms with van der Waals surface area (Å²) in [6, 6.07) is 3.59. The minimum atomic E-state index is -0.404. The summed E-state index contributed by atoms with van der Waals surface area (Å²) in [6.07, 6.45) is 2.86. The fraction of sp³-hybridized carbons (Fsp3) is 0.500. The summed E-state index contributed by atoms with van der Waals surface area (Å²) in [5.74, 6) is 1.48. The van der Waals surface area contributed by atoms with E-state index in [2.05, 4.69) is 0 Å². The van der Waals surface area contributed by atoms with Gasteiger partial charge in [-0.3, -0.25) is 0 Å². The average molecular weight is 322 g/mol. The van der Waals surface area contributed by atoms with E-state index < -0.39 is 5.97 Å². The van der Waals surface area contributed by atoms with Crippen molar-refractivity contribution in [2.24, 2.45) is 0 Å². The number of hydrogen-bond acceptors (Lipinski definition) is 5. The summed E-state index contributed by atoms with van der Waals surface area (Å²) in [6.45, 7) is 10.9. The molecule has 0 saturated heterocycles. The molecule has 1 rings (SSSR count). The lowest BCUT2D eigenvalue weighted by Gasteiger charge is -2.15. The Labute approximate surface area is 138 Å². The lowest BCUT2D eigenvalue weighted by atomic mass is 10.1. The third kappa shape index (κ3) is 6.22. The van der Waals surface area contributed by atoms with E-state index in [4.69, 9.17) is 18.9 Å². The highest BCUT2D eigenvalue weighted by Crippen LogP contribution is 2.35. The van der Waals surface area contributed by atoms with Gasteiger partial charge in [0.25, 0.3) is 0 Å². The Balaban J connectivity index is 3.19. The Hall–Kier alpha value is -2.17. The van der Waals surface area contributed by atoms with Crippen LogP contribution in [-0.2, 0) is 9.53 Å². The number of benzene rings is 1. The number of carbonyl (C=O) groups excluding carboxylic acids is 1. The van der Waals surface area contributed by atoms with Gasteiger partial charge in [-0.15, -0.1) is 0 Å². The van der Waals surface area contributed by atoms with Crippen LogP contribution >= 0.6 is 0 Å². The Kier molecular flexibility index (Phi) is 8.02. The van der Waals surface area contributed by atoms with Crippen molar-refractivity contribution in [3.05, 3.63) is 23.8 Å². The molecule has 0 bridgehead atoms. The largest absolute Gasteiger partial charge is 0.494 e. The summed E-state index contributed by atoms with van der Waals surface area (Å²) in [5.41, 5.74) is 0.692. The van der Waals surface area contributed by atoms with E-state index in [0.29, 0.717) is 42.6 Å². The summed E-state index contributed by atoms with van der Waals surface area (Å²) in [7, 11) is 0. The van der Waals surface area contributed by atoms with Crippen molar-refractivity contribution in [3.8, 4) is 17.2 Å². The molecule has 0 saturated carbocycles. The lowest BCUT2D eigenvalue weighted by molar-refractivity contribution is -0.141. The quantitative estimate of drug-likeness (QED) is 0.510. The van der Waals surface area contributed by atoms with Crippen LogP contribution in [0.4, 0.5) is 0 Å². The number of carbonyl (C=O) groups is 1. The van der Waals surface area contributed by atoms with Crippen molar-refractivity contribution in [1.29, 1.82) is 0 Å². The predicted octanol–water partition coefficient (Wildman–Crippen LogP) is 3.85. The Morgan fingerprint density at radius 2 is 1.52 bits per heavy atom. The van der Waals surface area contributed by atoms with Crippen molar-refractivity contribution in [2.75, 3.05) is 19.8 Å². The van der Waals surface area contributed by atoms with Crippen LogP contribution in [0.15, 0.2) is 18.2 Å². The molecule has 0 heterocycles. The van der Waals surface area contributed by atoms with Crippen molar-refractivity contribution in [1.82, 2.24) is 0 Å². The zero-order valence-electron chi connectivity index (χ0n) is 14.5. The van der Waals surface area contributed by atoms with Gasteiger partial charge in [0.2, 0.25) is 0 Å². The normalized spacial score (nSPS) is 10.9. The molecule has 0 aliphatic rings. The van der Waals surface area contributed by atoms with Gasteiger partial charge < -0.3 is 18.9 Å². The first kappa shape index (κ1) is 18.9. The van der Waals surface area contributed by atoms with Crippen molar-refractivity contribution < 1.29 is 23.7 Å². The molecule has 0 aliphatic carbocycles. The van der Waals surface area contributed by atoms with E-state index in [1.165, 1.54) is 6.08 Å². The second-order valence-corrected chi connectivity index (χ2v) is 4.95. The molecule has 0 spiro atoms. The minimum Gasteiger partial charge on any atom is -0.494 e. The fourth-order valence-corrected chi connectivity index (χ4v) is 1.96. The molecule has 0 amide bonds. The molecule has 5 heteroatoms. The van der Waals surface area contributed by atoms with E-state index in [1.54, 1.807) is 32.1 Å². The van der Waals surface area contributed by atoms with Gasteiger partial charge in [-0.1, -0.05) is 0 Å². The predicted molar refractivity (Wildman–Crippen MR) is 90.2 cm³/mol. The molecule has 1 aromatic carbocycles. The monoisotopic (exact) mass is 322 g/mol. The maximum Gasteiger partial charge on any atom is 0.331 e. The Morgan fingerprint density at radius 1 is 1.00 bits per heavy atom. The highest BCUT2D eigenvalue weighted by molar-refractivity contribution is 5.88. The van der Waals surface area contributed by atoms with E-state index in [1.807, 2.05) is 20.8 Å². The van der Waals surface area contributed by atoms with Crippen LogP contribution in [0.3, 0.4) is 0 Å². The van der Waals surface area contributed by atoms with Crippen LogP contribution in [0.2, 0.25) is 0 Å². The van der Waals surface area contributed by atoms with Crippen LogP contribution in [0.25, 0.3) is 6.08 Å². The first-order chi connectivity index (χ1) is 11.0. The summed E-state index contributed by atoms with van der Waals surface area (Å²) in [5, 5.41) is 0. The molecule has 0 fully saturated rings. The van der Waals surface area contributed by atoms with Gasteiger partial charge in [-0.05, 0) is 40.7 Å². The maximum atomic E-state index is 11.7. The van der Waals surface area contributed by atoms with Crippen molar-refractivity contribution >= 4 is 12.0 Å². The minimum absolute atomic E-state index is 0.162. The van der Waals surface area contributed by atoms with Crippen LogP contribution < -0.4 is 14.2 Å². The Bertz CT molecular complexity index is 507.